The van der Waals surface area contributed by atoms with Gasteiger partial charge in [0.2, 0.25) is 0 Å². The van der Waals surface area contributed by atoms with Crippen LogP contribution in [0.4, 0.5) is 9.52 Å². The first-order chi connectivity index (χ1) is 17.1. The number of aromatic nitrogens is 1. The molecule has 2 aliphatic heterocycles. The van der Waals surface area contributed by atoms with E-state index in [2.05, 4.69) is 9.71 Å². The highest BCUT2D eigenvalue weighted by atomic mass is 35.5. The summed E-state index contributed by atoms with van der Waals surface area (Å²) in [6, 6.07) is 11.0. The van der Waals surface area contributed by atoms with Crippen LogP contribution in [0.15, 0.2) is 52.9 Å². The smallest absolute Gasteiger partial charge is 0.263 e. The summed E-state index contributed by atoms with van der Waals surface area (Å²) in [5, 5.41) is 2.02. The second kappa shape index (κ2) is 9.93. The van der Waals surface area contributed by atoms with Crippen LogP contribution in [0.2, 0.25) is 0 Å². The number of piperidine rings is 1. The Hall–Kier alpha value is -2.20. The summed E-state index contributed by atoms with van der Waals surface area (Å²) in [4.78, 5) is 4.14. The molecule has 1 fully saturated rings. The molecule has 6 nitrogen and oxygen atoms in total. The largest absolute Gasteiger partial charge is 0.487 e. The Morgan fingerprint density at radius 1 is 1.17 bits per heavy atom. The minimum atomic E-state index is -3.82. The molecule has 3 heterocycles. The normalized spacial score (nSPS) is 20.5. The van der Waals surface area contributed by atoms with Gasteiger partial charge in [0.1, 0.15) is 18.0 Å². The number of anilines is 1. The zero-order valence-electron chi connectivity index (χ0n) is 20.2. The first-order valence-electron chi connectivity index (χ1n) is 12.0. The molecule has 3 aromatic rings. The topological polar surface area (TPSA) is 71.5 Å². The molecule has 10 heteroatoms. The van der Waals surface area contributed by atoms with Crippen LogP contribution >= 0.6 is 23.1 Å². The van der Waals surface area contributed by atoms with Crippen LogP contribution in [0.5, 0.6) is 5.75 Å². The molecule has 0 bridgehead atoms. The average Bonchev–Trinajstić information content (AvgIpc) is 3.35. The van der Waals surface area contributed by atoms with Crippen LogP contribution in [0.25, 0.3) is 0 Å². The summed E-state index contributed by atoms with van der Waals surface area (Å²) in [5.41, 5.74) is 3.40. The third-order valence-corrected chi connectivity index (χ3v) is 9.46. The van der Waals surface area contributed by atoms with Gasteiger partial charge in [-0.2, -0.15) is 0 Å². The van der Waals surface area contributed by atoms with Gasteiger partial charge in [0.15, 0.2) is 5.13 Å². The van der Waals surface area contributed by atoms with E-state index in [1.54, 1.807) is 23.7 Å². The number of ether oxygens (including phenoxy) is 1. The van der Waals surface area contributed by atoms with Crippen molar-refractivity contribution in [2.45, 2.75) is 62.1 Å². The Morgan fingerprint density at radius 2 is 1.92 bits per heavy atom. The van der Waals surface area contributed by atoms with Crippen molar-refractivity contribution >= 4 is 38.3 Å². The number of thiazole rings is 1. The second-order valence-corrected chi connectivity index (χ2v) is 13.1. The SMILES string of the molecule is CC1(C)C[C@H](c2ccc(CF)cc2C2CCN(Cl)CC2)c2ccc(S(=O)(=O)Nc3nccs3)cc2O1. The molecule has 192 valence electrons. The number of hydrogen-bond donors (Lipinski definition) is 1. The van der Waals surface area contributed by atoms with E-state index in [-0.39, 0.29) is 16.7 Å². The summed E-state index contributed by atoms with van der Waals surface area (Å²) in [7, 11) is -3.82. The quantitative estimate of drug-likeness (QED) is 0.358. The molecule has 5 rings (SSSR count). The molecule has 2 aromatic carbocycles. The van der Waals surface area contributed by atoms with E-state index >= 15 is 0 Å². The molecule has 36 heavy (non-hydrogen) atoms. The fourth-order valence-corrected chi connectivity index (χ4v) is 7.26. The molecule has 0 saturated carbocycles. The second-order valence-electron chi connectivity index (χ2n) is 10.0. The van der Waals surface area contributed by atoms with Crippen LogP contribution in [-0.2, 0) is 16.7 Å². The molecule has 0 unspecified atom stereocenters. The number of halogens is 2. The Bertz CT molecular complexity index is 1340. The van der Waals surface area contributed by atoms with Crippen molar-refractivity contribution in [3.8, 4) is 5.75 Å². The molecular weight excluding hydrogens is 521 g/mol. The zero-order valence-corrected chi connectivity index (χ0v) is 22.6. The van der Waals surface area contributed by atoms with Gasteiger partial charge in [-0.1, -0.05) is 24.3 Å². The number of hydrogen-bond acceptors (Lipinski definition) is 6. The molecule has 0 amide bonds. The van der Waals surface area contributed by atoms with Crippen LogP contribution in [0.1, 0.15) is 67.2 Å². The predicted octanol–water partition coefficient (Wildman–Crippen LogP) is 6.44. The zero-order chi connectivity index (χ0) is 25.5. The van der Waals surface area contributed by atoms with E-state index in [4.69, 9.17) is 16.5 Å². The summed E-state index contributed by atoms with van der Waals surface area (Å²) in [5.74, 6) is 0.831. The van der Waals surface area contributed by atoms with Crippen molar-refractivity contribution in [3.05, 3.63) is 70.2 Å². The van der Waals surface area contributed by atoms with Gasteiger partial charge in [0, 0.05) is 42.2 Å². The fraction of sp³-hybridized carbons (Fsp3) is 0.423. The highest BCUT2D eigenvalue weighted by molar-refractivity contribution is 7.93. The maximum absolute atomic E-state index is 13.6. The van der Waals surface area contributed by atoms with Gasteiger partial charge in [0.25, 0.3) is 10.0 Å². The molecule has 1 aromatic heterocycles. The lowest BCUT2D eigenvalue weighted by molar-refractivity contribution is 0.0769. The summed E-state index contributed by atoms with van der Waals surface area (Å²) >= 11 is 7.43. The lowest BCUT2D eigenvalue weighted by atomic mass is 9.75. The van der Waals surface area contributed by atoms with E-state index in [0.717, 1.165) is 49.0 Å². The average molecular weight is 550 g/mol. The molecule has 1 atom stereocenters. The Kier molecular flexibility index (Phi) is 7.02. The first kappa shape index (κ1) is 25.4. The maximum atomic E-state index is 13.6. The van der Waals surface area contributed by atoms with Crippen molar-refractivity contribution in [1.29, 1.82) is 0 Å². The minimum absolute atomic E-state index is 0.00915. The maximum Gasteiger partial charge on any atom is 0.263 e. The standard InChI is InChI=1S/C26H29ClFN3O3S2/c1-26(2)15-23(20-5-3-17(16-28)13-22(20)18-7-10-31(27)11-8-18)21-6-4-19(14-24(21)34-26)36(32,33)30-25-29-9-12-35-25/h3-6,9,12-14,18,23H,7-8,10-11,15-16H2,1-2H3,(H,29,30)/t23-/m1/s1. The molecule has 0 spiro atoms. The lowest BCUT2D eigenvalue weighted by Crippen LogP contribution is -2.36. The number of rotatable bonds is 6. The van der Waals surface area contributed by atoms with Gasteiger partial charge in [-0.15, -0.1) is 11.3 Å². The summed E-state index contributed by atoms with van der Waals surface area (Å²) in [6.45, 7) is 5.09. The van der Waals surface area contributed by atoms with Crippen molar-refractivity contribution < 1.29 is 17.5 Å². The van der Waals surface area contributed by atoms with Crippen LogP contribution in [0.3, 0.4) is 0 Å². The highest BCUT2D eigenvalue weighted by Crippen LogP contribution is 2.48. The number of sulfonamides is 1. The molecule has 0 aliphatic carbocycles. The number of nitrogens with one attached hydrogen (secondary N) is 1. The predicted molar refractivity (Wildman–Crippen MR) is 141 cm³/mol. The van der Waals surface area contributed by atoms with Gasteiger partial charge in [-0.3, -0.25) is 4.72 Å². The Balaban J connectivity index is 1.55. The van der Waals surface area contributed by atoms with E-state index in [0.29, 0.717) is 16.4 Å². The van der Waals surface area contributed by atoms with Crippen molar-refractivity contribution in [1.82, 2.24) is 9.40 Å². The molecule has 1 N–H and O–H groups in total. The highest BCUT2D eigenvalue weighted by Gasteiger charge is 2.37. The van der Waals surface area contributed by atoms with E-state index in [1.807, 2.05) is 42.5 Å². The number of nitrogens with zero attached hydrogens (tertiary/aromatic N) is 2. The third-order valence-electron chi connectivity index (χ3n) is 6.97. The lowest BCUT2D eigenvalue weighted by Gasteiger charge is -2.39. The number of alkyl halides is 1. The van der Waals surface area contributed by atoms with Gasteiger partial charge in [-0.05, 0) is 73.6 Å². The van der Waals surface area contributed by atoms with Crippen LogP contribution < -0.4 is 9.46 Å². The molecule has 1 saturated heterocycles. The number of fused-ring (bicyclic) bond motifs is 1. The van der Waals surface area contributed by atoms with Gasteiger partial charge >= 0.3 is 0 Å². The summed E-state index contributed by atoms with van der Waals surface area (Å²) < 4.78 is 50.3. The van der Waals surface area contributed by atoms with Crippen LogP contribution in [0, 0.1) is 0 Å². The van der Waals surface area contributed by atoms with Crippen molar-refractivity contribution in [2.24, 2.45) is 0 Å². The number of benzene rings is 2. The van der Waals surface area contributed by atoms with Crippen LogP contribution in [-0.4, -0.2) is 36.5 Å². The first-order valence-corrected chi connectivity index (χ1v) is 14.7. The van der Waals surface area contributed by atoms with Gasteiger partial charge in [0.05, 0.1) is 4.90 Å². The van der Waals surface area contributed by atoms with E-state index in [9.17, 15) is 12.8 Å². The summed E-state index contributed by atoms with van der Waals surface area (Å²) in [6.07, 6.45) is 4.09. The van der Waals surface area contributed by atoms with Crippen molar-refractivity contribution in [2.75, 3.05) is 17.8 Å². The van der Waals surface area contributed by atoms with Gasteiger partial charge < -0.3 is 4.74 Å². The van der Waals surface area contributed by atoms with E-state index < -0.39 is 22.3 Å². The van der Waals surface area contributed by atoms with E-state index in [1.165, 1.54) is 11.3 Å². The molecular formula is C26H29ClFN3O3S2. The third kappa shape index (κ3) is 5.25. The minimum Gasteiger partial charge on any atom is -0.487 e. The Morgan fingerprint density at radius 3 is 2.61 bits per heavy atom. The molecule has 0 radical (unpaired) electrons. The Labute approximate surface area is 220 Å². The monoisotopic (exact) mass is 549 g/mol. The van der Waals surface area contributed by atoms with Crippen molar-refractivity contribution in [3.63, 3.8) is 0 Å². The molecule has 2 aliphatic rings. The van der Waals surface area contributed by atoms with Gasteiger partial charge in [-0.25, -0.2) is 22.2 Å². The fourth-order valence-electron chi connectivity index (χ4n) is 5.26.